The fourth-order valence-electron chi connectivity index (χ4n) is 2.97. The monoisotopic (exact) mass is 321 g/mol. The van der Waals surface area contributed by atoms with Gasteiger partial charge in [0.25, 0.3) is 0 Å². The van der Waals surface area contributed by atoms with Gasteiger partial charge in [-0.15, -0.1) is 0 Å². The Balaban J connectivity index is 1.43. The Kier molecular flexibility index (Phi) is 3.73. The SMILES string of the molecule is Cc1ccc2c(c1)OC(CC(C)c1ccc(-c3cnco3)cc1)O2. The average Bonchev–Trinajstić information content (AvgIpc) is 3.23. The van der Waals surface area contributed by atoms with E-state index in [-0.39, 0.29) is 6.29 Å². The summed E-state index contributed by atoms with van der Waals surface area (Å²) in [6.45, 7) is 4.24. The molecule has 0 radical (unpaired) electrons. The number of fused-ring (bicyclic) bond motifs is 1. The molecule has 3 aromatic rings. The van der Waals surface area contributed by atoms with E-state index in [9.17, 15) is 0 Å². The van der Waals surface area contributed by atoms with Gasteiger partial charge < -0.3 is 13.9 Å². The fourth-order valence-corrected chi connectivity index (χ4v) is 2.97. The predicted molar refractivity (Wildman–Crippen MR) is 91.2 cm³/mol. The summed E-state index contributed by atoms with van der Waals surface area (Å²) in [6, 6.07) is 14.4. The van der Waals surface area contributed by atoms with Crippen LogP contribution in [0.25, 0.3) is 11.3 Å². The summed E-state index contributed by atoms with van der Waals surface area (Å²) in [6.07, 6.45) is 3.73. The van der Waals surface area contributed by atoms with Gasteiger partial charge in [0.15, 0.2) is 23.7 Å². The van der Waals surface area contributed by atoms with Gasteiger partial charge in [-0.25, -0.2) is 4.98 Å². The van der Waals surface area contributed by atoms with E-state index in [2.05, 4.69) is 43.1 Å². The maximum absolute atomic E-state index is 5.92. The van der Waals surface area contributed by atoms with Crippen LogP contribution in [-0.4, -0.2) is 11.3 Å². The van der Waals surface area contributed by atoms with Crippen LogP contribution in [-0.2, 0) is 0 Å². The van der Waals surface area contributed by atoms with Gasteiger partial charge in [0.05, 0.1) is 6.20 Å². The molecule has 4 nitrogen and oxygen atoms in total. The predicted octanol–water partition coefficient (Wildman–Crippen LogP) is 4.94. The molecule has 1 aliphatic rings. The molecule has 1 aliphatic heterocycles. The zero-order valence-electron chi connectivity index (χ0n) is 13.7. The highest BCUT2D eigenvalue weighted by Gasteiger charge is 2.26. The number of ether oxygens (including phenoxy) is 2. The van der Waals surface area contributed by atoms with E-state index in [1.165, 1.54) is 17.5 Å². The Labute approximate surface area is 141 Å². The maximum Gasteiger partial charge on any atom is 0.242 e. The first-order valence-electron chi connectivity index (χ1n) is 8.12. The molecule has 4 rings (SSSR count). The van der Waals surface area contributed by atoms with Crippen LogP contribution in [0.4, 0.5) is 0 Å². The number of hydrogen-bond donors (Lipinski definition) is 0. The highest BCUT2D eigenvalue weighted by atomic mass is 16.7. The van der Waals surface area contributed by atoms with Crippen LogP contribution >= 0.6 is 0 Å². The van der Waals surface area contributed by atoms with Gasteiger partial charge >= 0.3 is 0 Å². The molecule has 2 unspecified atom stereocenters. The Morgan fingerprint density at radius 1 is 1.04 bits per heavy atom. The third-order valence-corrected chi connectivity index (χ3v) is 4.36. The second-order valence-electron chi connectivity index (χ2n) is 6.24. The van der Waals surface area contributed by atoms with E-state index >= 15 is 0 Å². The largest absolute Gasteiger partial charge is 0.451 e. The van der Waals surface area contributed by atoms with Crippen LogP contribution in [0.15, 0.2) is 59.5 Å². The molecule has 2 heterocycles. The molecule has 24 heavy (non-hydrogen) atoms. The molecule has 0 amide bonds. The van der Waals surface area contributed by atoms with E-state index in [1.807, 2.05) is 18.2 Å². The van der Waals surface area contributed by atoms with Crippen LogP contribution in [0.1, 0.15) is 30.4 Å². The Morgan fingerprint density at radius 3 is 2.58 bits per heavy atom. The molecular formula is C20H19NO3. The van der Waals surface area contributed by atoms with Crippen LogP contribution in [0.3, 0.4) is 0 Å². The lowest BCUT2D eigenvalue weighted by Gasteiger charge is -2.16. The van der Waals surface area contributed by atoms with Gasteiger partial charge in [0.1, 0.15) is 0 Å². The van der Waals surface area contributed by atoms with Crippen LogP contribution in [0.5, 0.6) is 11.5 Å². The first-order chi connectivity index (χ1) is 11.7. The van der Waals surface area contributed by atoms with E-state index in [1.54, 1.807) is 6.20 Å². The molecule has 4 heteroatoms. The van der Waals surface area contributed by atoms with Crippen molar-refractivity contribution in [2.24, 2.45) is 0 Å². The summed E-state index contributed by atoms with van der Waals surface area (Å²) in [5.41, 5.74) is 3.45. The lowest BCUT2D eigenvalue weighted by atomic mass is 9.96. The molecule has 0 fully saturated rings. The molecule has 122 valence electrons. The number of benzene rings is 2. The summed E-state index contributed by atoms with van der Waals surface area (Å²) in [7, 11) is 0. The third kappa shape index (κ3) is 2.87. The zero-order chi connectivity index (χ0) is 16.5. The standard InChI is InChI=1S/C20H19NO3/c1-13-3-8-17-18(9-13)24-20(23-17)10-14(2)15-4-6-16(7-5-15)19-11-21-12-22-19/h3-9,11-12,14,20H,10H2,1-2H3. The molecule has 0 bridgehead atoms. The van der Waals surface area contributed by atoms with Crippen LogP contribution in [0.2, 0.25) is 0 Å². The minimum Gasteiger partial charge on any atom is -0.451 e. The minimum atomic E-state index is -0.231. The van der Waals surface area contributed by atoms with Gasteiger partial charge in [-0.2, -0.15) is 0 Å². The molecular weight excluding hydrogens is 302 g/mol. The average molecular weight is 321 g/mol. The van der Waals surface area contributed by atoms with Gasteiger partial charge in [-0.05, 0) is 36.1 Å². The minimum absolute atomic E-state index is 0.231. The summed E-state index contributed by atoms with van der Waals surface area (Å²) in [5.74, 6) is 2.78. The van der Waals surface area contributed by atoms with Crippen molar-refractivity contribution in [3.05, 3.63) is 66.2 Å². The van der Waals surface area contributed by atoms with Crippen molar-refractivity contribution in [3.8, 4) is 22.8 Å². The first-order valence-corrected chi connectivity index (χ1v) is 8.12. The van der Waals surface area contributed by atoms with E-state index in [4.69, 9.17) is 13.9 Å². The molecule has 1 aromatic heterocycles. The van der Waals surface area contributed by atoms with Crippen molar-refractivity contribution >= 4 is 0 Å². The zero-order valence-corrected chi connectivity index (χ0v) is 13.7. The summed E-state index contributed by atoms with van der Waals surface area (Å²) < 4.78 is 17.1. The maximum atomic E-state index is 5.92. The smallest absolute Gasteiger partial charge is 0.242 e. The van der Waals surface area contributed by atoms with E-state index in [0.717, 1.165) is 29.2 Å². The molecule has 2 aromatic carbocycles. The number of nitrogens with zero attached hydrogens (tertiary/aromatic N) is 1. The lowest BCUT2D eigenvalue weighted by molar-refractivity contribution is 0.0368. The van der Waals surface area contributed by atoms with Gasteiger partial charge in [0, 0.05) is 12.0 Å². The van der Waals surface area contributed by atoms with Crippen molar-refractivity contribution in [2.45, 2.75) is 32.5 Å². The number of rotatable bonds is 4. The fraction of sp³-hybridized carbons (Fsp3) is 0.250. The lowest BCUT2D eigenvalue weighted by Crippen LogP contribution is -2.20. The van der Waals surface area contributed by atoms with Crippen molar-refractivity contribution in [1.82, 2.24) is 4.98 Å². The quantitative estimate of drug-likeness (QED) is 0.682. The first kappa shape index (κ1) is 14.8. The number of aromatic nitrogens is 1. The second kappa shape index (κ2) is 6.04. The molecule has 0 saturated heterocycles. The van der Waals surface area contributed by atoms with E-state index < -0.39 is 0 Å². The molecule has 0 aliphatic carbocycles. The van der Waals surface area contributed by atoms with Crippen molar-refractivity contribution in [3.63, 3.8) is 0 Å². The van der Waals surface area contributed by atoms with Gasteiger partial charge in [0.2, 0.25) is 6.29 Å². The van der Waals surface area contributed by atoms with E-state index in [0.29, 0.717) is 5.92 Å². The summed E-state index contributed by atoms with van der Waals surface area (Å²) >= 11 is 0. The normalized spacial score (nSPS) is 17.0. The summed E-state index contributed by atoms with van der Waals surface area (Å²) in [5, 5.41) is 0. The van der Waals surface area contributed by atoms with Gasteiger partial charge in [-0.3, -0.25) is 0 Å². The van der Waals surface area contributed by atoms with Crippen LogP contribution < -0.4 is 9.47 Å². The number of oxazole rings is 1. The highest BCUT2D eigenvalue weighted by Crippen LogP contribution is 2.38. The molecule has 2 atom stereocenters. The van der Waals surface area contributed by atoms with Gasteiger partial charge in [-0.1, -0.05) is 37.3 Å². The Morgan fingerprint density at radius 2 is 1.83 bits per heavy atom. The third-order valence-electron chi connectivity index (χ3n) is 4.36. The number of hydrogen-bond acceptors (Lipinski definition) is 4. The Bertz CT molecular complexity index is 825. The highest BCUT2D eigenvalue weighted by molar-refractivity contribution is 5.56. The molecule has 0 spiro atoms. The van der Waals surface area contributed by atoms with Crippen molar-refractivity contribution < 1.29 is 13.9 Å². The van der Waals surface area contributed by atoms with Crippen LogP contribution in [0, 0.1) is 6.92 Å². The second-order valence-corrected chi connectivity index (χ2v) is 6.24. The van der Waals surface area contributed by atoms with Crippen molar-refractivity contribution in [2.75, 3.05) is 0 Å². The topological polar surface area (TPSA) is 44.5 Å². The van der Waals surface area contributed by atoms with Crippen molar-refractivity contribution in [1.29, 1.82) is 0 Å². The molecule has 0 saturated carbocycles. The summed E-state index contributed by atoms with van der Waals surface area (Å²) in [4.78, 5) is 3.95. The Hall–Kier alpha value is -2.75. The number of aryl methyl sites for hydroxylation is 1. The molecule has 0 N–H and O–H groups in total.